The van der Waals surface area contributed by atoms with Crippen molar-refractivity contribution in [2.75, 3.05) is 0 Å². The van der Waals surface area contributed by atoms with Gasteiger partial charge in [0, 0.05) is 5.39 Å². The molecule has 0 aromatic heterocycles. The molecule has 0 aliphatic carbocycles. The van der Waals surface area contributed by atoms with E-state index in [1.165, 1.54) is 6.92 Å². The highest BCUT2D eigenvalue weighted by molar-refractivity contribution is 6.00. The number of hydrogen-bond acceptors (Lipinski definition) is 5. The summed E-state index contributed by atoms with van der Waals surface area (Å²) in [6.45, 7) is 1.52. The van der Waals surface area contributed by atoms with Crippen LogP contribution in [0.25, 0.3) is 10.8 Å². The number of phenols is 1. The van der Waals surface area contributed by atoms with Crippen molar-refractivity contribution in [3.8, 4) is 17.2 Å². The Balaban J connectivity index is 1.76. The van der Waals surface area contributed by atoms with Crippen molar-refractivity contribution in [2.45, 2.75) is 12.9 Å². The highest BCUT2D eigenvalue weighted by Gasteiger charge is 2.41. The Hall–Kier alpha value is -3.21. The van der Waals surface area contributed by atoms with Gasteiger partial charge < -0.3 is 19.3 Å². The molecule has 1 aliphatic heterocycles. The van der Waals surface area contributed by atoms with Gasteiger partial charge in [-0.05, 0) is 35.7 Å². The average Bonchev–Trinajstić information content (AvgIpc) is 2.55. The predicted octanol–water partition coefficient (Wildman–Crippen LogP) is 3.85. The van der Waals surface area contributed by atoms with Crippen LogP contribution in [0, 0.1) is 0 Å². The van der Waals surface area contributed by atoms with Gasteiger partial charge in [-0.3, -0.25) is 0 Å². The number of ether oxygens (including phenoxy) is 3. The molecule has 3 aromatic rings. The van der Waals surface area contributed by atoms with Gasteiger partial charge in [0.1, 0.15) is 22.8 Å². The molecule has 0 amide bonds. The molecule has 1 atom stereocenters. The molecule has 120 valence electrons. The summed E-state index contributed by atoms with van der Waals surface area (Å²) in [5.74, 6) is -1.19. The second-order valence-electron chi connectivity index (χ2n) is 5.62. The molecule has 0 saturated carbocycles. The van der Waals surface area contributed by atoms with Gasteiger partial charge in [0.25, 0.3) is 0 Å². The third-order valence-electron chi connectivity index (χ3n) is 3.80. The van der Waals surface area contributed by atoms with Crippen LogP contribution >= 0.6 is 0 Å². The largest absolute Gasteiger partial charge is 0.507 e. The van der Waals surface area contributed by atoms with Crippen molar-refractivity contribution in [1.82, 2.24) is 0 Å². The molecule has 0 bridgehead atoms. The zero-order chi connectivity index (χ0) is 16.7. The van der Waals surface area contributed by atoms with E-state index in [2.05, 4.69) is 0 Å². The second-order valence-corrected chi connectivity index (χ2v) is 5.62. The zero-order valence-electron chi connectivity index (χ0n) is 12.9. The zero-order valence-corrected chi connectivity index (χ0v) is 12.9. The molecular weight excluding hydrogens is 308 g/mol. The van der Waals surface area contributed by atoms with Crippen molar-refractivity contribution >= 4 is 16.7 Å². The number of para-hydroxylation sites is 1. The standard InChI is InChI=1S/C19H14O5/c1-19(22-13-7-3-2-4-8-13)23-17-11-14-12(6-5-9-16(14)20)10-15(17)18(21)24-19/h2-11,20H,1H3. The minimum absolute atomic E-state index is 0.114. The van der Waals surface area contributed by atoms with Crippen LogP contribution in [0.1, 0.15) is 17.3 Å². The highest BCUT2D eigenvalue weighted by atomic mass is 16.9. The summed E-state index contributed by atoms with van der Waals surface area (Å²) >= 11 is 0. The number of fused-ring (bicyclic) bond motifs is 2. The highest BCUT2D eigenvalue weighted by Crippen LogP contribution is 2.37. The SMILES string of the molecule is CC1(Oc2ccccc2)OC(=O)c2cc3cccc(O)c3cc2O1. The molecule has 0 saturated heterocycles. The second kappa shape index (κ2) is 5.16. The number of cyclic esters (lactones) is 1. The summed E-state index contributed by atoms with van der Waals surface area (Å²) in [6, 6.07) is 17.3. The first-order chi connectivity index (χ1) is 11.5. The molecule has 0 radical (unpaired) electrons. The maximum Gasteiger partial charge on any atom is 0.416 e. The number of carbonyl (C=O) groups excluding carboxylic acids is 1. The van der Waals surface area contributed by atoms with E-state index < -0.39 is 11.9 Å². The molecule has 0 fully saturated rings. The summed E-state index contributed by atoms with van der Waals surface area (Å²) in [7, 11) is 0. The third-order valence-corrected chi connectivity index (χ3v) is 3.80. The van der Waals surface area contributed by atoms with Crippen LogP contribution in [0.2, 0.25) is 0 Å². The number of carbonyl (C=O) groups is 1. The predicted molar refractivity (Wildman–Crippen MR) is 87.1 cm³/mol. The lowest BCUT2D eigenvalue weighted by Gasteiger charge is -2.34. The third kappa shape index (κ3) is 2.40. The van der Waals surface area contributed by atoms with Gasteiger partial charge in [0.05, 0.1) is 6.92 Å². The fourth-order valence-electron chi connectivity index (χ4n) is 2.72. The van der Waals surface area contributed by atoms with Gasteiger partial charge in [-0.15, -0.1) is 0 Å². The maximum atomic E-state index is 12.4. The summed E-state index contributed by atoms with van der Waals surface area (Å²) in [6.07, 6.45) is 0. The molecule has 1 heterocycles. The topological polar surface area (TPSA) is 65.0 Å². The molecular formula is C19H14O5. The van der Waals surface area contributed by atoms with Gasteiger partial charge in [0.2, 0.25) is 0 Å². The maximum absolute atomic E-state index is 12.4. The van der Waals surface area contributed by atoms with Gasteiger partial charge in [0.15, 0.2) is 0 Å². The number of esters is 1. The summed E-state index contributed by atoms with van der Waals surface area (Å²) in [4.78, 5) is 12.4. The smallest absolute Gasteiger partial charge is 0.416 e. The first-order valence-electron chi connectivity index (χ1n) is 7.46. The van der Waals surface area contributed by atoms with E-state index in [9.17, 15) is 9.90 Å². The molecule has 1 unspecified atom stereocenters. The van der Waals surface area contributed by atoms with Crippen molar-refractivity contribution < 1.29 is 24.1 Å². The molecule has 4 rings (SSSR count). The lowest BCUT2D eigenvalue weighted by Crippen LogP contribution is -2.47. The minimum atomic E-state index is -1.58. The fraction of sp³-hybridized carbons (Fsp3) is 0.105. The van der Waals surface area contributed by atoms with E-state index in [0.717, 1.165) is 5.39 Å². The Morgan fingerprint density at radius 2 is 1.79 bits per heavy atom. The monoisotopic (exact) mass is 322 g/mol. The number of rotatable bonds is 2. The summed E-state index contributed by atoms with van der Waals surface area (Å²) in [5, 5.41) is 11.3. The number of phenolic OH excluding ortho intramolecular Hbond substituents is 1. The van der Waals surface area contributed by atoms with Crippen LogP contribution in [-0.4, -0.2) is 17.0 Å². The van der Waals surface area contributed by atoms with Crippen LogP contribution in [-0.2, 0) is 4.74 Å². The van der Waals surface area contributed by atoms with E-state index in [4.69, 9.17) is 14.2 Å². The van der Waals surface area contributed by atoms with E-state index in [1.54, 1.807) is 42.5 Å². The normalized spacial score (nSPS) is 19.3. The van der Waals surface area contributed by atoms with Crippen molar-refractivity contribution in [3.63, 3.8) is 0 Å². The summed E-state index contributed by atoms with van der Waals surface area (Å²) in [5.41, 5.74) is 0.294. The van der Waals surface area contributed by atoms with E-state index in [1.807, 2.05) is 18.2 Å². The van der Waals surface area contributed by atoms with Gasteiger partial charge in [-0.25, -0.2) is 4.79 Å². The van der Waals surface area contributed by atoms with E-state index in [0.29, 0.717) is 22.4 Å². The quantitative estimate of drug-likeness (QED) is 0.726. The fourth-order valence-corrected chi connectivity index (χ4v) is 2.72. The summed E-state index contributed by atoms with van der Waals surface area (Å²) < 4.78 is 16.8. The molecule has 5 nitrogen and oxygen atoms in total. The lowest BCUT2D eigenvalue weighted by atomic mass is 10.0. The molecule has 1 N–H and O–H groups in total. The number of aromatic hydroxyl groups is 1. The Kier molecular flexibility index (Phi) is 3.09. The van der Waals surface area contributed by atoms with Gasteiger partial charge >= 0.3 is 11.9 Å². The molecule has 5 heteroatoms. The van der Waals surface area contributed by atoms with Crippen molar-refractivity contribution in [1.29, 1.82) is 0 Å². The van der Waals surface area contributed by atoms with E-state index >= 15 is 0 Å². The Morgan fingerprint density at radius 1 is 1.00 bits per heavy atom. The van der Waals surface area contributed by atoms with Crippen LogP contribution < -0.4 is 9.47 Å². The molecule has 1 aliphatic rings. The van der Waals surface area contributed by atoms with Crippen LogP contribution in [0.3, 0.4) is 0 Å². The lowest BCUT2D eigenvalue weighted by molar-refractivity contribution is -0.263. The van der Waals surface area contributed by atoms with Crippen LogP contribution in [0.5, 0.6) is 17.2 Å². The van der Waals surface area contributed by atoms with Gasteiger partial charge in [-0.1, -0.05) is 30.3 Å². The van der Waals surface area contributed by atoms with Crippen LogP contribution in [0.15, 0.2) is 60.7 Å². The van der Waals surface area contributed by atoms with Gasteiger partial charge in [-0.2, -0.15) is 0 Å². The van der Waals surface area contributed by atoms with Crippen molar-refractivity contribution in [3.05, 3.63) is 66.2 Å². The first kappa shape index (κ1) is 14.4. The average molecular weight is 322 g/mol. The molecule has 0 spiro atoms. The van der Waals surface area contributed by atoms with Crippen LogP contribution in [0.4, 0.5) is 0 Å². The van der Waals surface area contributed by atoms with E-state index in [-0.39, 0.29) is 5.75 Å². The number of hydrogen-bond donors (Lipinski definition) is 1. The first-order valence-corrected chi connectivity index (χ1v) is 7.46. The Morgan fingerprint density at radius 3 is 2.58 bits per heavy atom. The minimum Gasteiger partial charge on any atom is -0.507 e. The molecule has 3 aromatic carbocycles. The Labute approximate surface area is 138 Å². The Bertz CT molecular complexity index is 935. The molecule has 24 heavy (non-hydrogen) atoms. The number of benzene rings is 3. The van der Waals surface area contributed by atoms with Crippen molar-refractivity contribution in [2.24, 2.45) is 0 Å².